The second-order valence-corrected chi connectivity index (χ2v) is 7.82. The molecule has 0 aliphatic heterocycles. The van der Waals surface area contributed by atoms with Crippen LogP contribution in [0.4, 0.5) is 18.9 Å². The van der Waals surface area contributed by atoms with Crippen LogP contribution in [-0.4, -0.2) is 13.1 Å². The topological polar surface area (TPSA) is 70.8 Å². The Labute approximate surface area is 205 Å². The van der Waals surface area contributed by atoms with E-state index in [-0.39, 0.29) is 22.7 Å². The average Bonchev–Trinajstić information content (AvgIpc) is 2.88. The maximum Gasteiger partial charge on any atom is 0.416 e. The van der Waals surface area contributed by atoms with Gasteiger partial charge >= 0.3 is 12.1 Å². The van der Waals surface area contributed by atoms with E-state index in [9.17, 15) is 18.0 Å². The van der Waals surface area contributed by atoms with Crippen molar-refractivity contribution in [2.24, 2.45) is 0 Å². The van der Waals surface area contributed by atoms with E-state index in [2.05, 4.69) is 0 Å². The molecule has 0 atom stereocenters. The Morgan fingerprint density at radius 1 is 0.806 bits per heavy atom. The lowest BCUT2D eigenvalue weighted by Gasteiger charge is -2.20. The number of benzene rings is 4. The SMILES string of the molecule is COc1ccc(C(=O)OC(c2ccccc2)c2ccccc2)c(Oc2ccc(C(F)(F)F)cc2N)c1. The molecule has 0 aliphatic rings. The van der Waals surface area contributed by atoms with E-state index in [0.29, 0.717) is 5.75 Å². The molecule has 0 fully saturated rings. The van der Waals surface area contributed by atoms with Crippen molar-refractivity contribution in [2.75, 3.05) is 12.8 Å². The van der Waals surface area contributed by atoms with Gasteiger partial charge in [0.25, 0.3) is 0 Å². The van der Waals surface area contributed by atoms with Crippen LogP contribution < -0.4 is 15.2 Å². The van der Waals surface area contributed by atoms with Gasteiger partial charge in [-0.3, -0.25) is 0 Å². The molecule has 0 aromatic heterocycles. The number of halogens is 3. The minimum Gasteiger partial charge on any atom is -0.497 e. The Balaban J connectivity index is 1.68. The Morgan fingerprint density at radius 3 is 1.94 bits per heavy atom. The molecule has 4 aromatic rings. The van der Waals surface area contributed by atoms with Crippen molar-refractivity contribution in [3.63, 3.8) is 0 Å². The lowest BCUT2D eigenvalue weighted by molar-refractivity contribution is -0.137. The fraction of sp³-hybridized carbons (Fsp3) is 0.107. The number of carbonyl (C=O) groups is 1. The van der Waals surface area contributed by atoms with Crippen LogP contribution in [0.5, 0.6) is 17.2 Å². The zero-order valence-electron chi connectivity index (χ0n) is 19.2. The smallest absolute Gasteiger partial charge is 0.416 e. The second-order valence-electron chi connectivity index (χ2n) is 7.82. The summed E-state index contributed by atoms with van der Waals surface area (Å²) in [6.07, 6.45) is -5.26. The number of hydrogen-bond donors (Lipinski definition) is 1. The Morgan fingerprint density at radius 2 is 1.42 bits per heavy atom. The van der Waals surface area contributed by atoms with Gasteiger partial charge in [-0.2, -0.15) is 13.2 Å². The van der Waals surface area contributed by atoms with Gasteiger partial charge in [0, 0.05) is 6.07 Å². The molecule has 8 heteroatoms. The van der Waals surface area contributed by atoms with Crippen molar-refractivity contribution >= 4 is 11.7 Å². The molecule has 0 amide bonds. The van der Waals surface area contributed by atoms with Crippen LogP contribution in [0, 0.1) is 0 Å². The fourth-order valence-electron chi connectivity index (χ4n) is 3.57. The highest BCUT2D eigenvalue weighted by molar-refractivity contribution is 5.93. The average molecular weight is 493 g/mol. The molecule has 0 aliphatic carbocycles. The maximum atomic E-state index is 13.4. The van der Waals surface area contributed by atoms with E-state index in [1.165, 1.54) is 19.2 Å². The number of anilines is 1. The van der Waals surface area contributed by atoms with Gasteiger partial charge in [0.05, 0.1) is 18.4 Å². The van der Waals surface area contributed by atoms with Crippen LogP contribution in [0.2, 0.25) is 0 Å². The molecule has 0 saturated carbocycles. The summed E-state index contributed by atoms with van der Waals surface area (Å²) >= 11 is 0. The van der Waals surface area contributed by atoms with Crippen LogP contribution in [-0.2, 0) is 10.9 Å². The monoisotopic (exact) mass is 493 g/mol. The summed E-state index contributed by atoms with van der Waals surface area (Å²) < 4.78 is 56.0. The highest BCUT2D eigenvalue weighted by Gasteiger charge is 2.31. The first-order chi connectivity index (χ1) is 17.3. The van der Waals surface area contributed by atoms with Crippen LogP contribution in [0.15, 0.2) is 97.1 Å². The fourth-order valence-corrected chi connectivity index (χ4v) is 3.57. The molecule has 0 bridgehead atoms. The van der Waals surface area contributed by atoms with E-state index in [4.69, 9.17) is 19.9 Å². The third-order valence-electron chi connectivity index (χ3n) is 5.40. The number of nitrogen functional groups attached to an aromatic ring is 1. The van der Waals surface area contributed by atoms with E-state index >= 15 is 0 Å². The highest BCUT2D eigenvalue weighted by Crippen LogP contribution is 2.38. The summed E-state index contributed by atoms with van der Waals surface area (Å²) in [5.41, 5.74) is 6.25. The summed E-state index contributed by atoms with van der Waals surface area (Å²) in [6, 6.07) is 25.6. The molecule has 0 spiro atoms. The summed E-state index contributed by atoms with van der Waals surface area (Å²) in [6.45, 7) is 0. The summed E-state index contributed by atoms with van der Waals surface area (Å²) in [4.78, 5) is 13.4. The summed E-state index contributed by atoms with van der Waals surface area (Å²) in [7, 11) is 1.43. The van der Waals surface area contributed by atoms with Crippen LogP contribution in [0.3, 0.4) is 0 Å². The number of alkyl halides is 3. The molecule has 4 aromatic carbocycles. The molecule has 36 heavy (non-hydrogen) atoms. The summed E-state index contributed by atoms with van der Waals surface area (Å²) in [5.74, 6) is -0.357. The lowest BCUT2D eigenvalue weighted by Crippen LogP contribution is -2.14. The van der Waals surface area contributed by atoms with Gasteiger partial charge in [-0.05, 0) is 41.5 Å². The first-order valence-corrected chi connectivity index (χ1v) is 10.9. The predicted octanol–water partition coefficient (Wildman–Crippen LogP) is 7.03. The van der Waals surface area contributed by atoms with Gasteiger partial charge in [-0.25, -0.2) is 4.79 Å². The molecule has 5 nitrogen and oxygen atoms in total. The van der Waals surface area contributed by atoms with Crippen molar-refractivity contribution in [3.8, 4) is 17.2 Å². The lowest BCUT2D eigenvalue weighted by atomic mass is 10.0. The Bertz CT molecular complexity index is 1300. The van der Waals surface area contributed by atoms with Crippen LogP contribution >= 0.6 is 0 Å². The number of methoxy groups -OCH3 is 1. The molecule has 0 unspecified atom stereocenters. The van der Waals surface area contributed by atoms with Crippen molar-refractivity contribution in [1.82, 2.24) is 0 Å². The van der Waals surface area contributed by atoms with Crippen molar-refractivity contribution < 1.29 is 32.2 Å². The number of ether oxygens (including phenoxy) is 3. The predicted molar refractivity (Wildman–Crippen MR) is 129 cm³/mol. The Kier molecular flexibility index (Phi) is 7.15. The third kappa shape index (κ3) is 5.60. The number of nitrogens with two attached hydrogens (primary N) is 1. The van der Waals surface area contributed by atoms with E-state index in [0.717, 1.165) is 29.3 Å². The minimum atomic E-state index is -4.55. The maximum absolute atomic E-state index is 13.4. The quantitative estimate of drug-likeness (QED) is 0.221. The Hall–Kier alpha value is -4.46. The molecule has 2 N–H and O–H groups in total. The van der Waals surface area contributed by atoms with E-state index < -0.39 is 23.8 Å². The molecule has 0 radical (unpaired) electrons. The second kappa shape index (κ2) is 10.4. The van der Waals surface area contributed by atoms with E-state index in [1.807, 2.05) is 60.7 Å². The van der Waals surface area contributed by atoms with Gasteiger partial charge in [0.1, 0.15) is 22.8 Å². The third-order valence-corrected chi connectivity index (χ3v) is 5.40. The standard InChI is InChI=1S/C28H22F3NO4/c1-34-21-13-14-22(25(17-21)35-24-15-12-20(16-23(24)32)28(29,30)31)27(33)36-26(18-8-4-2-5-9-18)19-10-6-3-7-11-19/h2-17,26H,32H2,1H3. The number of carbonyl (C=O) groups excluding carboxylic acids is 1. The van der Waals surface area contributed by atoms with Gasteiger partial charge in [0.15, 0.2) is 6.10 Å². The highest BCUT2D eigenvalue weighted by atomic mass is 19.4. The van der Waals surface area contributed by atoms with Crippen LogP contribution in [0.25, 0.3) is 0 Å². The van der Waals surface area contributed by atoms with Crippen molar-refractivity contribution in [2.45, 2.75) is 12.3 Å². The zero-order valence-corrected chi connectivity index (χ0v) is 19.2. The minimum absolute atomic E-state index is 0.0192. The molecule has 0 heterocycles. The first-order valence-electron chi connectivity index (χ1n) is 10.9. The summed E-state index contributed by atoms with van der Waals surface area (Å²) in [5, 5.41) is 0. The largest absolute Gasteiger partial charge is 0.497 e. The number of hydrogen-bond acceptors (Lipinski definition) is 5. The molecule has 4 rings (SSSR count). The zero-order chi connectivity index (χ0) is 25.7. The normalized spacial score (nSPS) is 11.2. The van der Waals surface area contributed by atoms with Gasteiger partial charge in [-0.15, -0.1) is 0 Å². The van der Waals surface area contributed by atoms with Gasteiger partial charge in [-0.1, -0.05) is 60.7 Å². The molecule has 184 valence electrons. The molecule has 0 saturated heterocycles. The number of esters is 1. The van der Waals surface area contributed by atoms with Gasteiger partial charge in [0.2, 0.25) is 0 Å². The van der Waals surface area contributed by atoms with Crippen LogP contribution in [0.1, 0.15) is 33.2 Å². The number of rotatable bonds is 7. The molecular weight excluding hydrogens is 471 g/mol. The molecular formula is C28H22F3NO4. The first kappa shape index (κ1) is 24.7. The van der Waals surface area contributed by atoms with Gasteiger partial charge < -0.3 is 19.9 Å². The van der Waals surface area contributed by atoms with Crippen molar-refractivity contribution in [1.29, 1.82) is 0 Å². The van der Waals surface area contributed by atoms with E-state index in [1.54, 1.807) is 6.07 Å². The van der Waals surface area contributed by atoms with Crippen molar-refractivity contribution in [3.05, 3.63) is 119 Å².